The standard InChI is InChI=1S/C17H24N2O3S2/c1-13-7-9-19(15-5-3-4-6-16(15)23-13)17(20)11-18(2)14-8-10-24(21,22)12-14/h3-6,13-14H,7-12H2,1-2H3. The van der Waals surface area contributed by atoms with Gasteiger partial charge in [0.2, 0.25) is 5.91 Å². The van der Waals surface area contributed by atoms with Crippen molar-refractivity contribution in [2.75, 3.05) is 36.5 Å². The number of nitrogens with zero attached hydrogens (tertiary/aromatic N) is 2. The van der Waals surface area contributed by atoms with Gasteiger partial charge in [0.15, 0.2) is 9.84 Å². The molecule has 1 amide bonds. The van der Waals surface area contributed by atoms with Crippen LogP contribution in [0.25, 0.3) is 0 Å². The van der Waals surface area contributed by atoms with E-state index in [0.717, 1.165) is 17.0 Å². The Morgan fingerprint density at radius 2 is 2.08 bits per heavy atom. The molecule has 0 aliphatic carbocycles. The highest BCUT2D eigenvalue weighted by atomic mass is 32.2. The quantitative estimate of drug-likeness (QED) is 0.817. The van der Waals surface area contributed by atoms with Gasteiger partial charge in [0.25, 0.3) is 0 Å². The normalized spacial score (nSPS) is 26.2. The van der Waals surface area contributed by atoms with Gasteiger partial charge in [0.05, 0.1) is 23.7 Å². The molecule has 5 nitrogen and oxygen atoms in total. The van der Waals surface area contributed by atoms with Gasteiger partial charge in [0, 0.05) is 22.7 Å². The summed E-state index contributed by atoms with van der Waals surface area (Å²) >= 11 is 1.81. The summed E-state index contributed by atoms with van der Waals surface area (Å²) in [6.07, 6.45) is 1.57. The third-order valence-corrected chi connectivity index (χ3v) is 7.75. The van der Waals surface area contributed by atoms with Crippen LogP contribution < -0.4 is 4.90 Å². The second kappa shape index (κ2) is 7.06. The molecule has 0 spiro atoms. The molecule has 1 aromatic rings. The minimum absolute atomic E-state index is 0.0453. The van der Waals surface area contributed by atoms with Crippen molar-refractivity contribution in [2.45, 2.75) is 36.0 Å². The van der Waals surface area contributed by atoms with Gasteiger partial charge in [-0.1, -0.05) is 19.1 Å². The number of sulfone groups is 1. The Morgan fingerprint density at radius 1 is 1.33 bits per heavy atom. The topological polar surface area (TPSA) is 57.7 Å². The van der Waals surface area contributed by atoms with Gasteiger partial charge in [-0.25, -0.2) is 8.42 Å². The second-order valence-corrected chi connectivity index (χ2v) is 10.4. The summed E-state index contributed by atoms with van der Waals surface area (Å²) in [4.78, 5) is 17.8. The fourth-order valence-corrected chi connectivity index (χ4v) is 6.21. The maximum Gasteiger partial charge on any atom is 0.241 e. The van der Waals surface area contributed by atoms with Crippen molar-refractivity contribution in [2.24, 2.45) is 0 Å². The van der Waals surface area contributed by atoms with Crippen LogP contribution in [0.5, 0.6) is 0 Å². The maximum absolute atomic E-state index is 12.9. The highest BCUT2D eigenvalue weighted by Gasteiger charge is 2.32. The number of anilines is 1. The van der Waals surface area contributed by atoms with Gasteiger partial charge in [-0.05, 0) is 32.0 Å². The van der Waals surface area contributed by atoms with Crippen LogP contribution in [-0.4, -0.2) is 62.2 Å². The van der Waals surface area contributed by atoms with Gasteiger partial charge < -0.3 is 4.90 Å². The second-order valence-electron chi connectivity index (χ2n) is 6.70. The average Bonchev–Trinajstić information content (AvgIpc) is 2.79. The molecule has 1 saturated heterocycles. The van der Waals surface area contributed by atoms with Gasteiger partial charge >= 0.3 is 0 Å². The molecule has 2 aliphatic rings. The van der Waals surface area contributed by atoms with Crippen molar-refractivity contribution in [1.29, 1.82) is 0 Å². The number of para-hydroxylation sites is 1. The van der Waals surface area contributed by atoms with E-state index in [9.17, 15) is 13.2 Å². The lowest BCUT2D eigenvalue weighted by atomic mass is 10.2. The van der Waals surface area contributed by atoms with Crippen LogP contribution in [-0.2, 0) is 14.6 Å². The van der Waals surface area contributed by atoms with Crippen LogP contribution >= 0.6 is 11.8 Å². The Morgan fingerprint density at radius 3 is 2.79 bits per heavy atom. The number of hydrogen-bond donors (Lipinski definition) is 0. The van der Waals surface area contributed by atoms with Crippen LogP contribution in [0.1, 0.15) is 19.8 Å². The first-order valence-corrected chi connectivity index (χ1v) is 11.0. The van der Waals surface area contributed by atoms with Gasteiger partial charge in [-0.2, -0.15) is 0 Å². The molecule has 3 rings (SSSR count). The predicted octanol–water partition coefficient (Wildman–Crippen LogP) is 2.02. The third kappa shape index (κ3) is 3.95. The first-order valence-electron chi connectivity index (χ1n) is 8.32. The fourth-order valence-electron chi connectivity index (χ4n) is 3.30. The van der Waals surface area contributed by atoms with Crippen molar-refractivity contribution in [3.8, 4) is 0 Å². The highest BCUT2D eigenvalue weighted by molar-refractivity contribution is 8.00. The maximum atomic E-state index is 12.9. The van der Waals surface area contributed by atoms with Crippen LogP contribution in [0.4, 0.5) is 5.69 Å². The van der Waals surface area contributed by atoms with Crippen LogP contribution in [0.2, 0.25) is 0 Å². The number of fused-ring (bicyclic) bond motifs is 1. The van der Waals surface area contributed by atoms with Gasteiger partial charge in [0.1, 0.15) is 0 Å². The molecule has 132 valence electrons. The number of likely N-dealkylation sites (N-methyl/N-ethyl adjacent to an activating group) is 1. The van der Waals surface area contributed by atoms with E-state index in [1.54, 1.807) is 0 Å². The number of thioether (sulfide) groups is 1. The molecule has 0 N–H and O–H groups in total. The van der Waals surface area contributed by atoms with Gasteiger partial charge in [-0.15, -0.1) is 11.8 Å². The molecule has 7 heteroatoms. The van der Waals surface area contributed by atoms with E-state index in [2.05, 4.69) is 13.0 Å². The van der Waals surface area contributed by atoms with Crippen molar-refractivity contribution >= 4 is 33.2 Å². The molecule has 1 aromatic carbocycles. The zero-order chi connectivity index (χ0) is 17.3. The molecule has 2 unspecified atom stereocenters. The Hall–Kier alpha value is -1.05. The molecule has 0 saturated carbocycles. The van der Waals surface area contributed by atoms with Gasteiger partial charge in [-0.3, -0.25) is 9.69 Å². The minimum Gasteiger partial charge on any atom is -0.310 e. The zero-order valence-electron chi connectivity index (χ0n) is 14.1. The van der Waals surface area contributed by atoms with Crippen LogP contribution in [0, 0.1) is 0 Å². The van der Waals surface area contributed by atoms with E-state index < -0.39 is 9.84 Å². The molecule has 2 heterocycles. The lowest BCUT2D eigenvalue weighted by Gasteiger charge is -2.28. The number of amides is 1. The van der Waals surface area contributed by atoms with Crippen molar-refractivity contribution in [3.05, 3.63) is 24.3 Å². The van der Waals surface area contributed by atoms with Crippen molar-refractivity contribution < 1.29 is 13.2 Å². The van der Waals surface area contributed by atoms with Crippen molar-refractivity contribution in [3.63, 3.8) is 0 Å². The lowest BCUT2D eigenvalue weighted by molar-refractivity contribution is -0.119. The first kappa shape index (κ1) is 17.8. The number of benzene rings is 1. The summed E-state index contributed by atoms with van der Waals surface area (Å²) in [5.41, 5.74) is 0.976. The highest BCUT2D eigenvalue weighted by Crippen LogP contribution is 2.37. The zero-order valence-corrected chi connectivity index (χ0v) is 15.8. The molecule has 2 aliphatic heterocycles. The molecule has 2 atom stereocenters. The van der Waals surface area contributed by atoms with E-state index in [1.807, 2.05) is 46.8 Å². The smallest absolute Gasteiger partial charge is 0.241 e. The number of rotatable bonds is 3. The fraction of sp³-hybridized carbons (Fsp3) is 0.588. The predicted molar refractivity (Wildman–Crippen MR) is 98.4 cm³/mol. The molecule has 0 bridgehead atoms. The van der Waals surface area contributed by atoms with E-state index in [4.69, 9.17) is 0 Å². The van der Waals surface area contributed by atoms with E-state index in [-0.39, 0.29) is 30.0 Å². The molecular weight excluding hydrogens is 344 g/mol. The third-order valence-electron chi connectivity index (χ3n) is 4.76. The summed E-state index contributed by atoms with van der Waals surface area (Å²) in [7, 11) is -1.08. The van der Waals surface area contributed by atoms with Crippen molar-refractivity contribution in [1.82, 2.24) is 4.90 Å². The largest absolute Gasteiger partial charge is 0.310 e. The number of carbonyl (C=O) groups excluding carboxylic acids is 1. The lowest BCUT2D eigenvalue weighted by Crippen LogP contribution is -2.43. The summed E-state index contributed by atoms with van der Waals surface area (Å²) in [5.74, 6) is 0.445. The number of carbonyl (C=O) groups is 1. The summed E-state index contributed by atoms with van der Waals surface area (Å²) in [6.45, 7) is 3.15. The Bertz CT molecular complexity index is 720. The Labute approximate surface area is 148 Å². The molecule has 1 fully saturated rings. The molecular formula is C17H24N2O3S2. The SMILES string of the molecule is CC1CCN(C(=O)CN(C)C2CCS(=O)(=O)C2)c2ccccc2S1. The summed E-state index contributed by atoms with van der Waals surface area (Å²) in [6, 6.07) is 7.98. The van der Waals surface area contributed by atoms with E-state index >= 15 is 0 Å². The minimum atomic E-state index is -2.93. The molecule has 0 aromatic heterocycles. The molecule has 0 radical (unpaired) electrons. The Kier molecular flexibility index (Phi) is 5.22. The summed E-state index contributed by atoms with van der Waals surface area (Å²) < 4.78 is 23.3. The van der Waals surface area contributed by atoms with Crippen LogP contribution in [0.15, 0.2) is 29.2 Å². The first-order chi connectivity index (χ1) is 11.4. The number of hydrogen-bond acceptors (Lipinski definition) is 5. The Balaban J connectivity index is 1.73. The average molecular weight is 369 g/mol. The van der Waals surface area contributed by atoms with E-state index in [0.29, 0.717) is 18.2 Å². The van der Waals surface area contributed by atoms with E-state index in [1.165, 1.54) is 0 Å². The van der Waals surface area contributed by atoms with Crippen LogP contribution in [0.3, 0.4) is 0 Å². The summed E-state index contributed by atoms with van der Waals surface area (Å²) in [5, 5.41) is 0.474. The molecule has 24 heavy (non-hydrogen) atoms. The monoisotopic (exact) mass is 368 g/mol.